The number of hydrogen-bond donors (Lipinski definition) is 1. The van der Waals surface area contributed by atoms with Crippen molar-refractivity contribution in [1.82, 2.24) is 0 Å². The molecule has 70 valence electrons. The zero-order valence-electron chi connectivity index (χ0n) is 7.73. The van der Waals surface area contributed by atoms with Crippen LogP contribution < -0.4 is 4.74 Å². The molecule has 1 aromatic rings. The highest BCUT2D eigenvalue weighted by Gasteiger charge is 1.90. The first-order valence-electron chi connectivity index (χ1n) is 4.28. The number of rotatable bonds is 4. The van der Waals surface area contributed by atoms with Crippen molar-refractivity contribution in [2.24, 2.45) is 0 Å². The molecular weight excluding hydrogens is 180 g/mol. The number of thiol groups is 1. The molecule has 0 heterocycles. The second-order valence-corrected chi connectivity index (χ2v) is 3.15. The minimum absolute atomic E-state index is 0.615. The van der Waals surface area contributed by atoms with E-state index < -0.39 is 0 Å². The Morgan fingerprint density at radius 1 is 1.38 bits per heavy atom. The van der Waals surface area contributed by atoms with Crippen molar-refractivity contribution in [2.75, 3.05) is 12.4 Å². The molecule has 2 heteroatoms. The standard InChI is InChI=1S/C11H14OS/c1-10-5-4-6-11(9-10)12-7-2-3-8-13/h2-6,9,13H,7-8H2,1H3. The molecule has 1 rings (SSSR count). The Morgan fingerprint density at radius 2 is 2.23 bits per heavy atom. The van der Waals surface area contributed by atoms with E-state index in [-0.39, 0.29) is 0 Å². The SMILES string of the molecule is Cc1cccc(OCC=CCS)c1. The third kappa shape index (κ3) is 4.04. The van der Waals surface area contributed by atoms with Crippen LogP contribution in [0.25, 0.3) is 0 Å². The predicted molar refractivity (Wildman–Crippen MR) is 59.7 cm³/mol. The number of hydrogen-bond acceptors (Lipinski definition) is 2. The maximum Gasteiger partial charge on any atom is 0.120 e. The van der Waals surface area contributed by atoms with Crippen molar-refractivity contribution >= 4 is 12.6 Å². The van der Waals surface area contributed by atoms with Gasteiger partial charge < -0.3 is 4.74 Å². The lowest BCUT2D eigenvalue weighted by Crippen LogP contribution is -1.93. The van der Waals surface area contributed by atoms with Gasteiger partial charge in [0, 0.05) is 5.75 Å². The van der Waals surface area contributed by atoms with Crippen LogP contribution in [0.5, 0.6) is 5.75 Å². The Labute approximate surface area is 84.8 Å². The van der Waals surface area contributed by atoms with Crippen LogP contribution in [0.4, 0.5) is 0 Å². The maximum absolute atomic E-state index is 5.47. The molecule has 1 aromatic carbocycles. The molecule has 0 aromatic heterocycles. The average molecular weight is 194 g/mol. The van der Waals surface area contributed by atoms with E-state index >= 15 is 0 Å². The summed E-state index contributed by atoms with van der Waals surface area (Å²) in [6, 6.07) is 8.03. The lowest BCUT2D eigenvalue weighted by Gasteiger charge is -2.02. The summed E-state index contributed by atoms with van der Waals surface area (Å²) >= 11 is 4.05. The van der Waals surface area contributed by atoms with E-state index in [9.17, 15) is 0 Å². The highest BCUT2D eigenvalue weighted by molar-refractivity contribution is 7.80. The fourth-order valence-electron chi connectivity index (χ4n) is 0.992. The lowest BCUT2D eigenvalue weighted by atomic mass is 10.2. The van der Waals surface area contributed by atoms with E-state index in [0.29, 0.717) is 6.61 Å². The topological polar surface area (TPSA) is 9.23 Å². The van der Waals surface area contributed by atoms with Gasteiger partial charge in [-0.15, -0.1) is 0 Å². The Kier molecular flexibility index (Phi) is 4.47. The molecule has 0 saturated carbocycles. The molecule has 0 amide bonds. The van der Waals surface area contributed by atoms with Crippen LogP contribution >= 0.6 is 12.6 Å². The minimum atomic E-state index is 0.615. The second-order valence-electron chi connectivity index (χ2n) is 2.78. The van der Waals surface area contributed by atoms with E-state index in [1.54, 1.807) is 0 Å². The van der Waals surface area contributed by atoms with Gasteiger partial charge in [0.05, 0.1) is 0 Å². The van der Waals surface area contributed by atoms with Gasteiger partial charge in [-0.05, 0) is 24.6 Å². The molecule has 13 heavy (non-hydrogen) atoms. The monoisotopic (exact) mass is 194 g/mol. The largest absolute Gasteiger partial charge is 0.490 e. The summed E-state index contributed by atoms with van der Waals surface area (Å²) in [6.07, 6.45) is 3.94. The summed E-state index contributed by atoms with van der Waals surface area (Å²) < 4.78 is 5.47. The third-order valence-corrected chi connectivity index (χ3v) is 1.82. The van der Waals surface area contributed by atoms with E-state index in [0.717, 1.165) is 11.5 Å². The molecule has 0 fully saturated rings. The Morgan fingerprint density at radius 3 is 2.92 bits per heavy atom. The molecule has 0 bridgehead atoms. The molecule has 0 unspecified atom stereocenters. The van der Waals surface area contributed by atoms with Gasteiger partial charge in [-0.25, -0.2) is 0 Å². The van der Waals surface area contributed by atoms with Gasteiger partial charge in [0.15, 0.2) is 0 Å². The molecule has 0 saturated heterocycles. The van der Waals surface area contributed by atoms with Crippen LogP contribution in [-0.2, 0) is 0 Å². The van der Waals surface area contributed by atoms with Crippen LogP contribution in [0.3, 0.4) is 0 Å². The van der Waals surface area contributed by atoms with Crippen molar-refractivity contribution in [1.29, 1.82) is 0 Å². The smallest absolute Gasteiger partial charge is 0.120 e. The summed E-state index contributed by atoms with van der Waals surface area (Å²) in [7, 11) is 0. The van der Waals surface area contributed by atoms with Crippen molar-refractivity contribution < 1.29 is 4.74 Å². The highest BCUT2D eigenvalue weighted by atomic mass is 32.1. The van der Waals surface area contributed by atoms with Crippen LogP contribution in [0.1, 0.15) is 5.56 Å². The van der Waals surface area contributed by atoms with E-state index in [1.165, 1.54) is 5.56 Å². The fraction of sp³-hybridized carbons (Fsp3) is 0.273. The van der Waals surface area contributed by atoms with E-state index in [4.69, 9.17) is 4.74 Å². The van der Waals surface area contributed by atoms with Crippen molar-refractivity contribution in [2.45, 2.75) is 6.92 Å². The van der Waals surface area contributed by atoms with Crippen molar-refractivity contribution in [3.8, 4) is 5.75 Å². The van der Waals surface area contributed by atoms with Crippen molar-refractivity contribution in [3.05, 3.63) is 42.0 Å². The Balaban J connectivity index is 2.41. The van der Waals surface area contributed by atoms with Gasteiger partial charge in [0.25, 0.3) is 0 Å². The van der Waals surface area contributed by atoms with Gasteiger partial charge in [-0.1, -0.05) is 24.3 Å². The van der Waals surface area contributed by atoms with Gasteiger partial charge in [0.2, 0.25) is 0 Å². The summed E-state index contributed by atoms with van der Waals surface area (Å²) in [5, 5.41) is 0. The molecule has 0 atom stereocenters. The van der Waals surface area contributed by atoms with Crippen LogP contribution in [0.2, 0.25) is 0 Å². The molecule has 0 aliphatic heterocycles. The Bertz CT molecular complexity index is 281. The van der Waals surface area contributed by atoms with Crippen LogP contribution in [-0.4, -0.2) is 12.4 Å². The van der Waals surface area contributed by atoms with E-state index in [2.05, 4.69) is 25.6 Å². The molecule has 0 spiro atoms. The van der Waals surface area contributed by atoms with E-state index in [1.807, 2.05) is 30.4 Å². The quantitative estimate of drug-likeness (QED) is 0.573. The normalized spacial score (nSPS) is 10.6. The number of benzene rings is 1. The Hall–Kier alpha value is -0.890. The lowest BCUT2D eigenvalue weighted by molar-refractivity contribution is 0.362. The minimum Gasteiger partial charge on any atom is -0.490 e. The molecule has 0 radical (unpaired) electrons. The summed E-state index contributed by atoms with van der Waals surface area (Å²) in [6.45, 7) is 2.67. The van der Waals surface area contributed by atoms with Crippen molar-refractivity contribution in [3.63, 3.8) is 0 Å². The first kappa shape index (κ1) is 10.2. The summed E-state index contributed by atoms with van der Waals surface area (Å²) in [5.74, 6) is 1.68. The first-order chi connectivity index (χ1) is 6.33. The highest BCUT2D eigenvalue weighted by Crippen LogP contribution is 2.11. The maximum atomic E-state index is 5.47. The average Bonchev–Trinajstić information content (AvgIpc) is 2.13. The zero-order chi connectivity index (χ0) is 9.52. The van der Waals surface area contributed by atoms with Gasteiger partial charge in [-0.2, -0.15) is 12.6 Å². The van der Waals surface area contributed by atoms with Crippen LogP contribution in [0, 0.1) is 6.92 Å². The zero-order valence-corrected chi connectivity index (χ0v) is 8.63. The molecule has 0 aliphatic rings. The molecular formula is C11H14OS. The predicted octanol–water partition coefficient (Wildman–Crippen LogP) is 2.86. The number of ether oxygens (including phenoxy) is 1. The summed E-state index contributed by atoms with van der Waals surface area (Å²) in [5.41, 5.74) is 1.22. The molecule has 1 nitrogen and oxygen atoms in total. The third-order valence-electron chi connectivity index (χ3n) is 1.61. The van der Waals surface area contributed by atoms with Gasteiger partial charge in [-0.3, -0.25) is 0 Å². The van der Waals surface area contributed by atoms with Crippen LogP contribution in [0.15, 0.2) is 36.4 Å². The molecule has 0 aliphatic carbocycles. The first-order valence-corrected chi connectivity index (χ1v) is 4.91. The second kappa shape index (κ2) is 5.70. The van der Waals surface area contributed by atoms with Gasteiger partial charge >= 0.3 is 0 Å². The molecule has 0 N–H and O–H groups in total. The fourth-order valence-corrected chi connectivity index (χ4v) is 1.14. The number of aryl methyl sites for hydroxylation is 1. The van der Waals surface area contributed by atoms with Gasteiger partial charge in [0.1, 0.15) is 12.4 Å². The summed E-state index contributed by atoms with van der Waals surface area (Å²) in [4.78, 5) is 0.